The first-order valence-corrected chi connectivity index (χ1v) is 12.7. The van der Waals surface area contributed by atoms with Gasteiger partial charge in [0.15, 0.2) is 6.10 Å². The molecule has 0 radical (unpaired) electrons. The standard InChI is InChI=1S/C24H27N7O7/c1-12(15-9-28(27-25-15)16-10-36-11-17(16)32)38-26-18-14-7-8-29-23(34)30(13-5-3-2-4-6-13)24(35)31(29)19(14)20(33)22-21(18)37-22/h2-6,9,12,14,16-17,19-22,32-33H,7-8,10-11H2,1H3/b26-18+/t12-,14-,16-,17+,19+,20-,21+,22+/m0/s1. The number of aromatic nitrogens is 6. The van der Waals surface area contributed by atoms with E-state index in [4.69, 9.17) is 14.3 Å². The largest absolute Gasteiger partial charge is 0.388 e. The summed E-state index contributed by atoms with van der Waals surface area (Å²) in [6.45, 7) is 2.67. The maximum atomic E-state index is 13.5. The van der Waals surface area contributed by atoms with Crippen molar-refractivity contribution in [2.24, 2.45) is 11.1 Å². The summed E-state index contributed by atoms with van der Waals surface area (Å²) in [6, 6.07) is 7.69. The number of hydrogen-bond acceptors (Lipinski definition) is 10. The molecule has 3 fully saturated rings. The van der Waals surface area contributed by atoms with Crippen LogP contribution in [-0.4, -0.2) is 82.5 Å². The van der Waals surface area contributed by atoms with Crippen LogP contribution in [0.15, 0.2) is 51.3 Å². The van der Waals surface area contributed by atoms with Gasteiger partial charge in [-0.15, -0.1) is 5.10 Å². The molecule has 2 saturated heterocycles. The highest BCUT2D eigenvalue weighted by atomic mass is 16.6. The van der Waals surface area contributed by atoms with Gasteiger partial charge in [0.25, 0.3) is 0 Å². The van der Waals surface area contributed by atoms with Crippen LogP contribution in [0.2, 0.25) is 0 Å². The highest BCUT2D eigenvalue weighted by Gasteiger charge is 2.61. The molecule has 38 heavy (non-hydrogen) atoms. The highest BCUT2D eigenvalue weighted by Crippen LogP contribution is 2.46. The molecule has 3 aromatic rings. The second-order valence-electron chi connectivity index (χ2n) is 10.2. The Kier molecular flexibility index (Phi) is 5.40. The zero-order valence-electron chi connectivity index (χ0n) is 20.5. The molecule has 5 heterocycles. The van der Waals surface area contributed by atoms with Gasteiger partial charge in [0.2, 0.25) is 0 Å². The summed E-state index contributed by atoms with van der Waals surface area (Å²) in [5.74, 6) is -0.355. The predicted molar refractivity (Wildman–Crippen MR) is 129 cm³/mol. The Hall–Kier alpha value is -3.59. The van der Waals surface area contributed by atoms with Crippen molar-refractivity contribution in [2.45, 2.75) is 62.5 Å². The first-order valence-electron chi connectivity index (χ1n) is 12.7. The van der Waals surface area contributed by atoms with E-state index < -0.39 is 47.9 Å². The second kappa shape index (κ2) is 8.73. The molecule has 8 atom stereocenters. The van der Waals surface area contributed by atoms with Crippen LogP contribution in [0.25, 0.3) is 5.69 Å². The van der Waals surface area contributed by atoms with Crippen molar-refractivity contribution in [3.05, 3.63) is 63.2 Å². The van der Waals surface area contributed by atoms with E-state index in [9.17, 15) is 19.8 Å². The van der Waals surface area contributed by atoms with Crippen molar-refractivity contribution >= 4 is 5.71 Å². The number of epoxide rings is 1. The number of benzene rings is 1. The lowest BCUT2D eigenvalue weighted by molar-refractivity contribution is 0.0291. The van der Waals surface area contributed by atoms with E-state index in [-0.39, 0.29) is 25.1 Å². The fourth-order valence-corrected chi connectivity index (χ4v) is 5.86. The first-order chi connectivity index (χ1) is 18.4. The molecular formula is C24H27N7O7. The summed E-state index contributed by atoms with van der Waals surface area (Å²) in [4.78, 5) is 32.5. The zero-order chi connectivity index (χ0) is 26.1. The summed E-state index contributed by atoms with van der Waals surface area (Å²) in [6.07, 6.45) is -0.948. The van der Waals surface area contributed by atoms with Crippen molar-refractivity contribution in [1.29, 1.82) is 0 Å². The summed E-state index contributed by atoms with van der Waals surface area (Å²) >= 11 is 0. The molecule has 1 aromatic carbocycles. The Morgan fingerprint density at radius 2 is 1.97 bits per heavy atom. The molecule has 200 valence electrons. The quantitative estimate of drug-likeness (QED) is 0.319. The van der Waals surface area contributed by atoms with Crippen molar-refractivity contribution in [3.8, 4) is 5.69 Å². The molecule has 0 bridgehead atoms. The van der Waals surface area contributed by atoms with E-state index in [1.165, 1.54) is 9.36 Å². The van der Waals surface area contributed by atoms with Crippen molar-refractivity contribution in [1.82, 2.24) is 28.9 Å². The molecule has 14 nitrogen and oxygen atoms in total. The smallest absolute Gasteiger partial charge is 0.352 e. The van der Waals surface area contributed by atoms with Gasteiger partial charge in [-0.1, -0.05) is 28.6 Å². The molecule has 0 unspecified atom stereocenters. The lowest BCUT2D eigenvalue weighted by Crippen LogP contribution is -2.53. The fraction of sp³-hybridized carbons (Fsp3) is 0.542. The van der Waals surface area contributed by atoms with E-state index in [1.807, 2.05) is 6.07 Å². The molecule has 2 N–H and O–H groups in total. The molecule has 1 aliphatic carbocycles. The summed E-state index contributed by atoms with van der Waals surface area (Å²) in [7, 11) is 0. The number of ether oxygens (including phenoxy) is 2. The van der Waals surface area contributed by atoms with Crippen LogP contribution in [0.3, 0.4) is 0 Å². The Morgan fingerprint density at radius 3 is 2.74 bits per heavy atom. The fourth-order valence-electron chi connectivity index (χ4n) is 5.86. The van der Waals surface area contributed by atoms with E-state index in [2.05, 4.69) is 15.5 Å². The second-order valence-corrected chi connectivity index (χ2v) is 10.2. The lowest BCUT2D eigenvalue weighted by atomic mass is 9.78. The molecule has 2 aromatic heterocycles. The predicted octanol–water partition coefficient (Wildman–Crippen LogP) is -0.839. The zero-order valence-corrected chi connectivity index (χ0v) is 20.5. The molecule has 4 aliphatic rings. The minimum atomic E-state index is -0.975. The number of nitrogens with zero attached hydrogens (tertiary/aromatic N) is 7. The third-order valence-electron chi connectivity index (χ3n) is 7.93. The summed E-state index contributed by atoms with van der Waals surface area (Å²) in [5, 5.41) is 33.8. The number of hydrogen-bond donors (Lipinski definition) is 2. The van der Waals surface area contributed by atoms with Crippen LogP contribution >= 0.6 is 0 Å². The van der Waals surface area contributed by atoms with Crippen LogP contribution in [0.4, 0.5) is 0 Å². The Bertz CT molecular complexity index is 1510. The summed E-state index contributed by atoms with van der Waals surface area (Å²) in [5.41, 5.74) is 0.632. The van der Waals surface area contributed by atoms with Gasteiger partial charge >= 0.3 is 11.4 Å². The van der Waals surface area contributed by atoms with Gasteiger partial charge in [-0.25, -0.2) is 28.2 Å². The Labute approximate surface area is 215 Å². The van der Waals surface area contributed by atoms with Gasteiger partial charge in [0.05, 0.1) is 36.9 Å². The van der Waals surface area contributed by atoms with Gasteiger partial charge in [-0.05, 0) is 25.5 Å². The van der Waals surface area contributed by atoms with Gasteiger partial charge < -0.3 is 24.5 Å². The van der Waals surface area contributed by atoms with Crippen molar-refractivity contribution in [3.63, 3.8) is 0 Å². The van der Waals surface area contributed by atoms with E-state index in [0.29, 0.717) is 30.1 Å². The number of rotatable bonds is 5. The van der Waals surface area contributed by atoms with Gasteiger partial charge in [-0.3, -0.25) is 0 Å². The van der Waals surface area contributed by atoms with Gasteiger partial charge in [-0.2, -0.15) is 0 Å². The maximum absolute atomic E-state index is 13.5. The van der Waals surface area contributed by atoms with E-state index in [0.717, 1.165) is 4.57 Å². The molecule has 0 amide bonds. The van der Waals surface area contributed by atoms with Crippen LogP contribution in [-0.2, 0) is 20.9 Å². The number of oxime groups is 1. The molecule has 0 spiro atoms. The van der Waals surface area contributed by atoms with Crippen molar-refractivity contribution in [2.75, 3.05) is 13.2 Å². The van der Waals surface area contributed by atoms with Crippen LogP contribution in [0.5, 0.6) is 0 Å². The minimum absolute atomic E-state index is 0.252. The third kappa shape index (κ3) is 3.51. The molecule has 1 saturated carbocycles. The normalized spacial score (nSPS) is 33.4. The third-order valence-corrected chi connectivity index (χ3v) is 7.93. The average Bonchev–Trinajstić information content (AvgIpc) is 3.24. The number of fused-ring (bicyclic) bond motifs is 4. The summed E-state index contributed by atoms with van der Waals surface area (Å²) < 4.78 is 16.5. The minimum Gasteiger partial charge on any atom is -0.388 e. The lowest BCUT2D eigenvalue weighted by Gasteiger charge is -2.38. The maximum Gasteiger partial charge on any atom is 0.352 e. The average molecular weight is 526 g/mol. The number of para-hydroxylation sites is 1. The SMILES string of the molecule is C[C@H](O/N=C1/[C@H]2O[C@@H]2[C@@H](O)[C@H]2[C@H]1CCn1c(=O)n(-c3ccccc3)c(=O)n12)c1cn([C@H]2COC[C@H]2O)nn1. The van der Waals surface area contributed by atoms with Gasteiger partial charge in [0, 0.05) is 12.5 Å². The topological polar surface area (TPSA) is 163 Å². The van der Waals surface area contributed by atoms with Crippen molar-refractivity contribution < 1.29 is 24.5 Å². The molecule has 7 rings (SSSR count). The first kappa shape index (κ1) is 23.5. The number of aliphatic hydroxyl groups is 2. The monoisotopic (exact) mass is 525 g/mol. The van der Waals surface area contributed by atoms with Crippen LogP contribution in [0, 0.1) is 5.92 Å². The highest BCUT2D eigenvalue weighted by molar-refractivity contribution is 5.94. The molecular weight excluding hydrogens is 498 g/mol. The van der Waals surface area contributed by atoms with E-state index >= 15 is 0 Å². The van der Waals surface area contributed by atoms with Crippen LogP contribution in [0.1, 0.15) is 37.2 Å². The van der Waals surface area contributed by atoms with Gasteiger partial charge in [0.1, 0.15) is 36.2 Å². The Morgan fingerprint density at radius 1 is 1.16 bits per heavy atom. The van der Waals surface area contributed by atoms with Crippen LogP contribution < -0.4 is 11.4 Å². The Balaban J connectivity index is 1.18. The van der Waals surface area contributed by atoms with E-state index in [1.54, 1.807) is 42.1 Å². The molecule has 3 aliphatic heterocycles. The molecule has 14 heteroatoms. The number of aliphatic hydroxyl groups excluding tert-OH is 2.